The van der Waals surface area contributed by atoms with E-state index >= 15 is 0 Å². The summed E-state index contributed by atoms with van der Waals surface area (Å²) in [5, 5.41) is 0.715. The molecule has 2 fully saturated rings. The lowest BCUT2D eigenvalue weighted by Crippen LogP contribution is -2.52. The Morgan fingerprint density at radius 1 is 0.955 bits per heavy atom. The summed E-state index contributed by atoms with van der Waals surface area (Å²) in [5.74, 6) is 0. The first-order valence-electron chi connectivity index (χ1n) is 7.75. The zero-order valence-electron chi connectivity index (χ0n) is 12.8. The predicted octanol–water partition coefficient (Wildman–Crippen LogP) is 2.11. The summed E-state index contributed by atoms with van der Waals surface area (Å²) in [6.45, 7) is 5.85. The van der Waals surface area contributed by atoms with Crippen LogP contribution in [0.1, 0.15) is 18.4 Å². The topological polar surface area (TPSA) is 43.9 Å². The molecule has 0 unspecified atom stereocenters. The molecule has 2 aliphatic rings. The molecule has 0 saturated carbocycles. The van der Waals surface area contributed by atoms with Gasteiger partial charge in [-0.3, -0.25) is 0 Å². The molecular weight excluding hydrogens is 322 g/mol. The first-order chi connectivity index (χ1) is 10.5. The maximum Gasteiger partial charge on any atom is 0.282 e. The number of halogens is 1. The maximum absolute atomic E-state index is 12.6. The van der Waals surface area contributed by atoms with E-state index in [1.165, 1.54) is 5.56 Å². The Kier molecular flexibility index (Phi) is 4.64. The largest absolute Gasteiger partial charge is 0.369 e. The summed E-state index contributed by atoms with van der Waals surface area (Å²) in [4.78, 5) is 2.22. The van der Waals surface area contributed by atoms with E-state index in [0.717, 1.165) is 18.5 Å². The molecule has 0 radical (unpaired) electrons. The van der Waals surface area contributed by atoms with Gasteiger partial charge in [0.2, 0.25) is 0 Å². The Hall–Kier alpha value is -0.820. The fourth-order valence-electron chi connectivity index (χ4n) is 3.17. The van der Waals surface area contributed by atoms with E-state index in [1.807, 2.05) is 18.2 Å². The van der Waals surface area contributed by atoms with Crippen LogP contribution in [0.15, 0.2) is 18.2 Å². The van der Waals surface area contributed by atoms with Gasteiger partial charge in [0.05, 0.1) is 0 Å². The van der Waals surface area contributed by atoms with Crippen LogP contribution >= 0.6 is 11.6 Å². The van der Waals surface area contributed by atoms with E-state index in [9.17, 15) is 8.42 Å². The maximum atomic E-state index is 12.6. The van der Waals surface area contributed by atoms with E-state index in [-0.39, 0.29) is 0 Å². The monoisotopic (exact) mass is 343 g/mol. The molecule has 2 heterocycles. The highest BCUT2D eigenvalue weighted by Gasteiger charge is 2.33. The van der Waals surface area contributed by atoms with Crippen LogP contribution in [0.5, 0.6) is 0 Å². The van der Waals surface area contributed by atoms with Gasteiger partial charge >= 0.3 is 0 Å². The first kappa shape index (κ1) is 16.1. The van der Waals surface area contributed by atoms with Crippen molar-refractivity contribution in [1.82, 2.24) is 8.61 Å². The van der Waals surface area contributed by atoms with Crippen LogP contribution in [0.25, 0.3) is 0 Å². The fourth-order valence-corrected chi connectivity index (χ4v) is 5.00. The lowest BCUT2D eigenvalue weighted by Gasteiger charge is -2.37. The van der Waals surface area contributed by atoms with Crippen molar-refractivity contribution in [1.29, 1.82) is 0 Å². The van der Waals surface area contributed by atoms with E-state index in [4.69, 9.17) is 11.6 Å². The Labute approximate surface area is 137 Å². The average Bonchev–Trinajstić information content (AvgIpc) is 3.05. The van der Waals surface area contributed by atoms with E-state index < -0.39 is 10.2 Å². The molecule has 0 N–H and O–H groups in total. The van der Waals surface area contributed by atoms with Crippen LogP contribution in [0.2, 0.25) is 5.02 Å². The van der Waals surface area contributed by atoms with Gasteiger partial charge in [0.25, 0.3) is 10.2 Å². The first-order valence-corrected chi connectivity index (χ1v) is 9.52. The third-order valence-electron chi connectivity index (χ3n) is 4.47. The Morgan fingerprint density at radius 3 is 2.18 bits per heavy atom. The van der Waals surface area contributed by atoms with Gasteiger partial charge in [-0.15, -0.1) is 0 Å². The zero-order valence-corrected chi connectivity index (χ0v) is 14.4. The van der Waals surface area contributed by atoms with Gasteiger partial charge in [-0.2, -0.15) is 17.0 Å². The third-order valence-corrected chi connectivity index (χ3v) is 6.74. The second-order valence-corrected chi connectivity index (χ2v) is 8.30. The van der Waals surface area contributed by atoms with Gasteiger partial charge < -0.3 is 4.90 Å². The fraction of sp³-hybridized carbons (Fsp3) is 0.600. The molecule has 122 valence electrons. The van der Waals surface area contributed by atoms with E-state index in [0.29, 0.717) is 44.3 Å². The zero-order chi connectivity index (χ0) is 15.7. The second kappa shape index (κ2) is 6.35. The number of anilines is 1. The highest BCUT2D eigenvalue weighted by atomic mass is 35.5. The molecule has 0 amide bonds. The van der Waals surface area contributed by atoms with Gasteiger partial charge in [-0.25, -0.2) is 0 Å². The summed E-state index contributed by atoms with van der Waals surface area (Å²) >= 11 is 6.08. The molecule has 0 bridgehead atoms. The van der Waals surface area contributed by atoms with Crippen LogP contribution < -0.4 is 4.90 Å². The van der Waals surface area contributed by atoms with Gasteiger partial charge in [-0.1, -0.05) is 17.7 Å². The molecule has 1 aromatic rings. The number of rotatable bonds is 3. The molecular formula is C15H22ClN3O2S. The smallest absolute Gasteiger partial charge is 0.282 e. The summed E-state index contributed by atoms with van der Waals surface area (Å²) in [6.07, 6.45) is 1.95. The summed E-state index contributed by atoms with van der Waals surface area (Å²) in [5.41, 5.74) is 2.27. The Bertz CT molecular complexity index is 636. The minimum absolute atomic E-state index is 0.533. The molecule has 0 spiro atoms. The van der Waals surface area contributed by atoms with Crippen LogP contribution in [-0.2, 0) is 10.2 Å². The molecule has 0 aromatic heterocycles. The van der Waals surface area contributed by atoms with Gasteiger partial charge in [0, 0.05) is 50.0 Å². The third kappa shape index (κ3) is 3.11. The lowest BCUT2D eigenvalue weighted by molar-refractivity contribution is 0.343. The number of hydrogen-bond donors (Lipinski definition) is 0. The van der Waals surface area contributed by atoms with Crippen LogP contribution in [0.3, 0.4) is 0 Å². The van der Waals surface area contributed by atoms with Crippen molar-refractivity contribution in [2.75, 3.05) is 44.2 Å². The molecule has 2 saturated heterocycles. The minimum Gasteiger partial charge on any atom is -0.369 e. The standard InChI is InChI=1S/C15H22ClN3O2S/c1-13-4-5-14(16)12-15(13)17-8-10-19(11-9-17)22(20,21)18-6-2-3-7-18/h4-5,12H,2-3,6-11H2,1H3. The van der Waals surface area contributed by atoms with E-state index in [1.54, 1.807) is 8.61 Å². The molecule has 5 nitrogen and oxygen atoms in total. The highest BCUT2D eigenvalue weighted by Crippen LogP contribution is 2.26. The molecule has 0 atom stereocenters. The number of hydrogen-bond acceptors (Lipinski definition) is 3. The number of benzene rings is 1. The number of aryl methyl sites for hydroxylation is 1. The van der Waals surface area contributed by atoms with Crippen LogP contribution in [0, 0.1) is 6.92 Å². The molecule has 2 aliphatic heterocycles. The average molecular weight is 344 g/mol. The summed E-state index contributed by atoms with van der Waals surface area (Å²) in [6, 6.07) is 5.85. The van der Waals surface area contributed by atoms with Gasteiger partial charge in [-0.05, 0) is 37.5 Å². The highest BCUT2D eigenvalue weighted by molar-refractivity contribution is 7.86. The van der Waals surface area contributed by atoms with Crippen molar-refractivity contribution < 1.29 is 8.42 Å². The van der Waals surface area contributed by atoms with Gasteiger partial charge in [0.1, 0.15) is 0 Å². The summed E-state index contributed by atoms with van der Waals surface area (Å²) < 4.78 is 28.4. The summed E-state index contributed by atoms with van der Waals surface area (Å²) in [7, 11) is -3.27. The molecule has 7 heteroatoms. The van der Waals surface area contributed by atoms with E-state index in [2.05, 4.69) is 11.8 Å². The molecule has 3 rings (SSSR count). The van der Waals surface area contributed by atoms with Crippen molar-refractivity contribution in [3.05, 3.63) is 28.8 Å². The van der Waals surface area contributed by atoms with Gasteiger partial charge in [0.15, 0.2) is 0 Å². The van der Waals surface area contributed by atoms with Crippen molar-refractivity contribution in [2.24, 2.45) is 0 Å². The normalized spacial score (nSPS) is 21.5. The van der Waals surface area contributed by atoms with Crippen molar-refractivity contribution >= 4 is 27.5 Å². The molecule has 22 heavy (non-hydrogen) atoms. The Morgan fingerprint density at radius 2 is 1.55 bits per heavy atom. The quantitative estimate of drug-likeness (QED) is 0.844. The van der Waals surface area contributed by atoms with Crippen molar-refractivity contribution in [3.8, 4) is 0 Å². The Balaban J connectivity index is 1.68. The molecule has 1 aromatic carbocycles. The minimum atomic E-state index is -3.27. The predicted molar refractivity (Wildman–Crippen MR) is 89.7 cm³/mol. The second-order valence-electron chi connectivity index (χ2n) is 5.93. The SMILES string of the molecule is Cc1ccc(Cl)cc1N1CCN(S(=O)(=O)N2CCCC2)CC1. The van der Waals surface area contributed by atoms with Crippen LogP contribution in [0.4, 0.5) is 5.69 Å². The van der Waals surface area contributed by atoms with Crippen molar-refractivity contribution in [2.45, 2.75) is 19.8 Å². The molecule has 0 aliphatic carbocycles. The van der Waals surface area contributed by atoms with Crippen molar-refractivity contribution in [3.63, 3.8) is 0 Å². The lowest BCUT2D eigenvalue weighted by atomic mass is 10.1. The van der Waals surface area contributed by atoms with Crippen LogP contribution in [-0.4, -0.2) is 56.3 Å². The number of nitrogens with zero attached hydrogens (tertiary/aromatic N) is 3. The number of piperazine rings is 1.